The van der Waals surface area contributed by atoms with Gasteiger partial charge >= 0.3 is 5.97 Å². The second-order valence-corrected chi connectivity index (χ2v) is 2.96. The molecule has 0 aromatic rings. The fraction of sp³-hybridized carbons (Fsp3) is 0.778. The van der Waals surface area contributed by atoms with Gasteiger partial charge in [-0.05, 0) is 13.8 Å². The van der Waals surface area contributed by atoms with E-state index in [9.17, 15) is 9.59 Å². The van der Waals surface area contributed by atoms with Gasteiger partial charge in [0.05, 0.1) is 19.1 Å². The van der Waals surface area contributed by atoms with Gasteiger partial charge in [-0.15, -0.1) is 0 Å². The van der Waals surface area contributed by atoms with Crippen LogP contribution in [-0.2, 0) is 14.3 Å². The summed E-state index contributed by atoms with van der Waals surface area (Å²) in [7, 11) is 0. The second-order valence-electron chi connectivity index (χ2n) is 2.96. The molecule has 1 atom stereocenters. The van der Waals surface area contributed by atoms with E-state index in [4.69, 9.17) is 5.11 Å². The standard InChI is InChI=1S/C9H17NO4/c1-3-14-9(13)5-4-8(12)10-6-7(2)11/h7,11H,3-6H2,1-2H3,(H,10,12)/t7-/m1/s1. The van der Waals surface area contributed by atoms with Crippen molar-refractivity contribution >= 4 is 11.9 Å². The van der Waals surface area contributed by atoms with Crippen molar-refractivity contribution in [3.63, 3.8) is 0 Å². The van der Waals surface area contributed by atoms with E-state index in [1.165, 1.54) is 0 Å². The molecule has 0 aromatic heterocycles. The van der Waals surface area contributed by atoms with Gasteiger partial charge in [-0.3, -0.25) is 9.59 Å². The van der Waals surface area contributed by atoms with Crippen molar-refractivity contribution in [2.24, 2.45) is 0 Å². The molecule has 0 heterocycles. The highest BCUT2D eigenvalue weighted by Gasteiger charge is 2.07. The van der Waals surface area contributed by atoms with Gasteiger partial charge in [0.2, 0.25) is 5.91 Å². The summed E-state index contributed by atoms with van der Waals surface area (Å²) in [6.45, 7) is 3.83. The maximum atomic E-state index is 11.0. The van der Waals surface area contributed by atoms with Gasteiger partial charge in [0.15, 0.2) is 0 Å². The molecule has 0 aliphatic carbocycles. The monoisotopic (exact) mass is 203 g/mol. The first-order chi connectivity index (χ1) is 6.56. The average Bonchev–Trinajstić information content (AvgIpc) is 2.12. The highest BCUT2D eigenvalue weighted by Crippen LogP contribution is 1.92. The predicted octanol–water partition coefficient (Wildman–Crippen LogP) is -0.173. The largest absolute Gasteiger partial charge is 0.466 e. The normalized spacial score (nSPS) is 11.9. The van der Waals surface area contributed by atoms with E-state index in [0.717, 1.165) is 0 Å². The highest BCUT2D eigenvalue weighted by atomic mass is 16.5. The van der Waals surface area contributed by atoms with E-state index in [0.29, 0.717) is 6.61 Å². The molecule has 0 saturated carbocycles. The van der Waals surface area contributed by atoms with Crippen LogP contribution in [0.2, 0.25) is 0 Å². The minimum Gasteiger partial charge on any atom is -0.466 e. The van der Waals surface area contributed by atoms with E-state index >= 15 is 0 Å². The van der Waals surface area contributed by atoms with Crippen LogP contribution in [0.15, 0.2) is 0 Å². The van der Waals surface area contributed by atoms with E-state index in [2.05, 4.69) is 10.1 Å². The second kappa shape index (κ2) is 7.32. The zero-order valence-corrected chi connectivity index (χ0v) is 8.58. The summed E-state index contributed by atoms with van der Waals surface area (Å²) in [6, 6.07) is 0. The van der Waals surface area contributed by atoms with Crippen LogP contribution in [0.3, 0.4) is 0 Å². The van der Waals surface area contributed by atoms with Crippen molar-refractivity contribution in [3.05, 3.63) is 0 Å². The Morgan fingerprint density at radius 2 is 2.07 bits per heavy atom. The van der Waals surface area contributed by atoms with E-state index in [1.807, 2.05) is 0 Å². The lowest BCUT2D eigenvalue weighted by Gasteiger charge is -2.06. The third-order valence-corrected chi connectivity index (χ3v) is 1.46. The molecule has 1 amide bonds. The molecule has 0 aromatic carbocycles. The molecule has 0 bridgehead atoms. The van der Waals surface area contributed by atoms with Crippen molar-refractivity contribution in [1.82, 2.24) is 5.32 Å². The zero-order valence-electron chi connectivity index (χ0n) is 8.58. The SMILES string of the molecule is CCOC(=O)CCC(=O)NC[C@@H](C)O. The lowest BCUT2D eigenvalue weighted by Crippen LogP contribution is -2.30. The highest BCUT2D eigenvalue weighted by molar-refractivity contribution is 5.81. The fourth-order valence-corrected chi connectivity index (χ4v) is 0.799. The number of amides is 1. The van der Waals surface area contributed by atoms with Crippen LogP contribution >= 0.6 is 0 Å². The minimum absolute atomic E-state index is 0.0828. The predicted molar refractivity (Wildman–Crippen MR) is 50.6 cm³/mol. The molecule has 0 spiro atoms. The number of hydrogen-bond acceptors (Lipinski definition) is 4. The average molecular weight is 203 g/mol. The first-order valence-electron chi connectivity index (χ1n) is 4.66. The number of rotatable bonds is 6. The van der Waals surface area contributed by atoms with Crippen molar-refractivity contribution in [2.75, 3.05) is 13.2 Å². The third kappa shape index (κ3) is 7.54. The van der Waals surface area contributed by atoms with Gasteiger partial charge in [0, 0.05) is 13.0 Å². The Labute approximate surface area is 83.4 Å². The molecule has 0 aliphatic rings. The smallest absolute Gasteiger partial charge is 0.306 e. The maximum absolute atomic E-state index is 11.0. The quantitative estimate of drug-likeness (QED) is 0.587. The Balaban J connectivity index is 3.48. The number of carbonyl (C=O) groups excluding carboxylic acids is 2. The number of nitrogens with one attached hydrogen (secondary N) is 1. The summed E-state index contributed by atoms with van der Waals surface area (Å²) in [4.78, 5) is 21.9. The third-order valence-electron chi connectivity index (χ3n) is 1.46. The molecule has 0 fully saturated rings. The van der Waals surface area contributed by atoms with Crippen LogP contribution in [0, 0.1) is 0 Å². The summed E-state index contributed by atoms with van der Waals surface area (Å²) >= 11 is 0. The minimum atomic E-state index is -0.568. The Hall–Kier alpha value is -1.10. The number of carbonyl (C=O) groups is 2. The molecule has 5 heteroatoms. The van der Waals surface area contributed by atoms with Gasteiger partial charge < -0.3 is 15.2 Å². The molecule has 2 N–H and O–H groups in total. The van der Waals surface area contributed by atoms with Crippen LogP contribution in [0.1, 0.15) is 26.7 Å². The first-order valence-corrected chi connectivity index (χ1v) is 4.66. The Kier molecular flexibility index (Phi) is 6.74. The lowest BCUT2D eigenvalue weighted by atomic mass is 10.3. The number of hydrogen-bond donors (Lipinski definition) is 2. The van der Waals surface area contributed by atoms with Gasteiger partial charge in [0.25, 0.3) is 0 Å². The molecule has 0 unspecified atom stereocenters. The summed E-state index contributed by atoms with van der Waals surface area (Å²) in [6.07, 6.45) is -0.382. The number of ether oxygens (including phenoxy) is 1. The van der Waals surface area contributed by atoms with E-state index in [-0.39, 0.29) is 31.3 Å². The fourth-order valence-electron chi connectivity index (χ4n) is 0.799. The van der Waals surface area contributed by atoms with Gasteiger partial charge in [-0.1, -0.05) is 0 Å². The van der Waals surface area contributed by atoms with Crippen molar-refractivity contribution < 1.29 is 19.4 Å². The molecular weight excluding hydrogens is 186 g/mol. The first kappa shape index (κ1) is 12.9. The van der Waals surface area contributed by atoms with Crippen LogP contribution in [0.4, 0.5) is 0 Å². The van der Waals surface area contributed by atoms with Gasteiger partial charge in [-0.25, -0.2) is 0 Å². The Bertz CT molecular complexity index is 191. The number of esters is 1. The topological polar surface area (TPSA) is 75.6 Å². The molecule has 5 nitrogen and oxygen atoms in total. The number of aliphatic hydroxyl groups is 1. The van der Waals surface area contributed by atoms with Crippen molar-refractivity contribution in [3.8, 4) is 0 Å². The molecular formula is C9H17NO4. The zero-order chi connectivity index (χ0) is 11.0. The van der Waals surface area contributed by atoms with Crippen LogP contribution in [-0.4, -0.2) is 36.2 Å². The van der Waals surface area contributed by atoms with Crippen LogP contribution < -0.4 is 5.32 Å². The van der Waals surface area contributed by atoms with E-state index < -0.39 is 6.10 Å². The van der Waals surface area contributed by atoms with Gasteiger partial charge in [-0.2, -0.15) is 0 Å². The van der Waals surface area contributed by atoms with Crippen LogP contribution in [0.5, 0.6) is 0 Å². The molecule has 82 valence electrons. The summed E-state index contributed by atoms with van der Waals surface area (Å²) in [5.41, 5.74) is 0. The summed E-state index contributed by atoms with van der Waals surface area (Å²) < 4.78 is 4.65. The Morgan fingerprint density at radius 1 is 1.43 bits per heavy atom. The van der Waals surface area contributed by atoms with Gasteiger partial charge in [0.1, 0.15) is 0 Å². The van der Waals surface area contributed by atoms with E-state index in [1.54, 1.807) is 13.8 Å². The Morgan fingerprint density at radius 3 is 2.57 bits per heavy atom. The molecule has 0 rings (SSSR count). The van der Waals surface area contributed by atoms with Crippen LogP contribution in [0.25, 0.3) is 0 Å². The molecule has 14 heavy (non-hydrogen) atoms. The van der Waals surface area contributed by atoms with Crippen molar-refractivity contribution in [2.45, 2.75) is 32.8 Å². The molecule has 0 aliphatic heterocycles. The number of aliphatic hydroxyl groups excluding tert-OH is 1. The van der Waals surface area contributed by atoms with Crippen molar-refractivity contribution in [1.29, 1.82) is 0 Å². The summed E-state index contributed by atoms with van der Waals surface area (Å²) in [5.74, 6) is -0.626. The maximum Gasteiger partial charge on any atom is 0.306 e. The molecule has 0 saturated heterocycles. The molecule has 0 radical (unpaired) electrons. The summed E-state index contributed by atoms with van der Waals surface area (Å²) in [5, 5.41) is 11.3. The lowest BCUT2D eigenvalue weighted by molar-refractivity contribution is -0.144.